The van der Waals surface area contributed by atoms with Crippen LogP contribution in [0.25, 0.3) is 72.7 Å². The zero-order chi connectivity index (χ0) is 42.9. The zero-order valence-corrected chi connectivity index (χ0v) is 37.6. The lowest BCUT2D eigenvalue weighted by Crippen LogP contribution is -2.48. The summed E-state index contributed by atoms with van der Waals surface area (Å²) in [5.41, 5.74) is 20.7. The van der Waals surface area contributed by atoms with E-state index in [4.69, 9.17) is 16.0 Å². The molecule has 4 heteroatoms. The summed E-state index contributed by atoms with van der Waals surface area (Å²) in [7, 11) is 0. The third kappa shape index (κ3) is 6.76. The number of rotatable bonds is 5. The minimum Gasteiger partial charge on any atom is -0.437 e. The number of pyridine rings is 3. The van der Waals surface area contributed by atoms with Gasteiger partial charge in [0.2, 0.25) is 17.1 Å². The molecular weight excluding hydrogens is 767 g/mol. The van der Waals surface area contributed by atoms with Crippen molar-refractivity contribution in [2.45, 2.75) is 116 Å². The molecule has 1 fully saturated rings. The topological polar surface area (TPSA) is 33.8 Å². The van der Waals surface area contributed by atoms with Crippen molar-refractivity contribution in [2.24, 2.45) is 0 Å². The van der Waals surface area contributed by atoms with Gasteiger partial charge < -0.3 is 4.42 Å². The first-order valence-electron chi connectivity index (χ1n) is 23.7. The van der Waals surface area contributed by atoms with E-state index in [9.17, 15) is 0 Å². The van der Waals surface area contributed by atoms with E-state index in [-0.39, 0.29) is 6.04 Å². The summed E-state index contributed by atoms with van der Waals surface area (Å²) in [5, 5.41) is 2.17. The number of furan rings is 1. The molecule has 1 aliphatic carbocycles. The van der Waals surface area contributed by atoms with Crippen LogP contribution in [0.5, 0.6) is 0 Å². The van der Waals surface area contributed by atoms with E-state index in [1.54, 1.807) is 0 Å². The van der Waals surface area contributed by atoms with Gasteiger partial charge in [0.15, 0.2) is 29.7 Å². The Morgan fingerprint density at radius 1 is 0.683 bits per heavy atom. The maximum Gasteiger partial charge on any atom is 0.227 e. The van der Waals surface area contributed by atoms with Crippen molar-refractivity contribution in [3.63, 3.8) is 0 Å². The Labute approximate surface area is 373 Å². The molecule has 314 valence electrons. The maximum absolute atomic E-state index is 7.20. The largest absolute Gasteiger partial charge is 0.437 e. The average Bonchev–Trinajstić information content (AvgIpc) is 3.69. The Bertz CT molecular complexity index is 3040. The van der Waals surface area contributed by atoms with E-state index >= 15 is 0 Å². The minimum atomic E-state index is 0.278. The second-order valence-corrected chi connectivity index (χ2v) is 19.4. The van der Waals surface area contributed by atoms with Crippen molar-refractivity contribution in [3.05, 3.63) is 168 Å². The van der Waals surface area contributed by atoms with Gasteiger partial charge in [0.1, 0.15) is 0 Å². The molecule has 0 amide bonds. The summed E-state index contributed by atoms with van der Waals surface area (Å²) in [6.07, 6.45) is 14.0. The number of hydrogen-bond donors (Lipinski definition) is 0. The lowest BCUT2D eigenvalue weighted by Gasteiger charge is -2.31. The van der Waals surface area contributed by atoms with Crippen LogP contribution in [0.2, 0.25) is 0 Å². The summed E-state index contributed by atoms with van der Waals surface area (Å²) >= 11 is 0. The Kier molecular flexibility index (Phi) is 10.0. The number of benzene rings is 4. The first-order valence-corrected chi connectivity index (χ1v) is 23.7. The number of hydrogen-bond acceptors (Lipinski definition) is 2. The van der Waals surface area contributed by atoms with Crippen LogP contribution in [0, 0.1) is 6.92 Å². The van der Waals surface area contributed by atoms with Gasteiger partial charge in [-0.3, -0.25) is 0 Å². The Morgan fingerprint density at radius 2 is 1.41 bits per heavy atom. The number of aryl methyl sites for hydroxylation is 2. The molecule has 0 saturated heterocycles. The highest BCUT2D eigenvalue weighted by atomic mass is 16.3. The van der Waals surface area contributed by atoms with E-state index in [0.29, 0.717) is 29.4 Å². The number of nitrogens with zero attached hydrogens (tertiary/aromatic N) is 3. The third-order valence-corrected chi connectivity index (χ3v) is 14.9. The van der Waals surface area contributed by atoms with Crippen molar-refractivity contribution in [3.8, 4) is 44.9 Å². The molecule has 4 aromatic carbocycles. The highest BCUT2D eigenvalue weighted by Crippen LogP contribution is 2.47. The summed E-state index contributed by atoms with van der Waals surface area (Å²) in [4.78, 5) is 5.47. The molecule has 0 bridgehead atoms. The number of fused-ring (bicyclic) bond motifs is 13. The van der Waals surface area contributed by atoms with Gasteiger partial charge in [-0.05, 0) is 114 Å². The Balaban J connectivity index is 1.11. The molecule has 1 saturated carbocycles. The standard InChI is InChI=1S/C59H59N3O/c1-36(2)48-33-43(40-17-9-7-10-18-40)34-49(37(3)4)57(48)52-28-27-47-46-26-24-42-25-29-54-50(44-21-13-14-22-45(44)53-23-15-16-30-61(53)54)32-39(6)62-35-51(41-19-11-8-12-20-41)38(5)31-55(62)56(42)58(46)63-59(47)60-52/h7,9-10,13-18,21-24,26-28,30-31,33-37,41,50,54H,6,8,11-12,19-20,25,29,32H2,1-5H3/q+2. The molecule has 63 heavy (non-hydrogen) atoms. The number of aromatic nitrogens is 3. The fourth-order valence-electron chi connectivity index (χ4n) is 11.7. The first-order chi connectivity index (χ1) is 30.7. The number of allylic oxidation sites excluding steroid dienone is 1. The molecule has 11 rings (SSSR count). The van der Waals surface area contributed by atoms with Crippen LogP contribution < -0.4 is 9.13 Å². The normalized spacial score (nSPS) is 17.7. The Hall–Kier alpha value is -6.13. The van der Waals surface area contributed by atoms with Crippen LogP contribution in [-0.4, -0.2) is 4.98 Å². The van der Waals surface area contributed by atoms with Gasteiger partial charge in [-0.2, -0.15) is 9.13 Å². The molecule has 2 aliphatic heterocycles. The van der Waals surface area contributed by atoms with Crippen LogP contribution in [-0.2, 0) is 6.42 Å². The van der Waals surface area contributed by atoms with Crippen LogP contribution >= 0.6 is 0 Å². The lowest BCUT2D eigenvalue weighted by atomic mass is 9.77. The van der Waals surface area contributed by atoms with E-state index in [1.807, 2.05) is 0 Å². The van der Waals surface area contributed by atoms with Gasteiger partial charge in [-0.25, -0.2) is 4.98 Å². The molecule has 4 aromatic heterocycles. The van der Waals surface area contributed by atoms with E-state index in [0.717, 1.165) is 47.0 Å². The van der Waals surface area contributed by atoms with E-state index in [2.05, 4.69) is 171 Å². The monoisotopic (exact) mass is 825 g/mol. The van der Waals surface area contributed by atoms with E-state index < -0.39 is 0 Å². The summed E-state index contributed by atoms with van der Waals surface area (Å²) in [6, 6.07) is 43.3. The quantitative estimate of drug-likeness (QED) is 0.162. The minimum absolute atomic E-state index is 0.278. The SMILES string of the molecule is C=C1CC2c3ccccc3-c3cccc[n+]3C2CCc2ccc3c(oc4nc(-c5c(C(C)C)cc(-c6ccccc6)cc5C(C)C)ccc43)c2-c2cc(C)c(C3CCCCC3)c[n+]21. The average molecular weight is 826 g/mol. The van der Waals surface area contributed by atoms with Crippen molar-refractivity contribution < 1.29 is 13.6 Å². The fraction of sp³-hybridized carbons (Fsp3) is 0.305. The summed E-state index contributed by atoms with van der Waals surface area (Å²) in [5.74, 6) is 1.49. The third-order valence-electron chi connectivity index (χ3n) is 14.9. The molecule has 2 atom stereocenters. The highest BCUT2D eigenvalue weighted by Gasteiger charge is 2.42. The summed E-state index contributed by atoms with van der Waals surface area (Å²) in [6.45, 7) is 16.5. The molecule has 0 radical (unpaired) electrons. The van der Waals surface area contributed by atoms with Crippen molar-refractivity contribution in [2.75, 3.05) is 0 Å². The van der Waals surface area contributed by atoms with Crippen molar-refractivity contribution in [1.29, 1.82) is 0 Å². The van der Waals surface area contributed by atoms with Crippen molar-refractivity contribution in [1.82, 2.24) is 4.98 Å². The smallest absolute Gasteiger partial charge is 0.227 e. The van der Waals surface area contributed by atoms with Gasteiger partial charge >= 0.3 is 0 Å². The summed E-state index contributed by atoms with van der Waals surface area (Å²) < 4.78 is 12.2. The second-order valence-electron chi connectivity index (χ2n) is 19.4. The maximum atomic E-state index is 7.20. The van der Waals surface area contributed by atoms with Gasteiger partial charge in [0.05, 0.1) is 17.2 Å². The van der Waals surface area contributed by atoms with Crippen molar-refractivity contribution >= 4 is 27.8 Å². The van der Waals surface area contributed by atoms with Gasteiger partial charge in [-0.15, -0.1) is 0 Å². The van der Waals surface area contributed by atoms with Crippen LogP contribution in [0.4, 0.5) is 0 Å². The molecule has 4 nitrogen and oxygen atoms in total. The van der Waals surface area contributed by atoms with Crippen LogP contribution in [0.3, 0.4) is 0 Å². The highest BCUT2D eigenvalue weighted by molar-refractivity contribution is 6.09. The molecule has 2 unspecified atom stereocenters. The zero-order valence-electron chi connectivity index (χ0n) is 37.6. The van der Waals surface area contributed by atoms with Gasteiger partial charge in [0, 0.05) is 58.5 Å². The second kappa shape index (κ2) is 15.9. The molecule has 8 aromatic rings. The molecule has 0 spiro atoms. The molecule has 6 heterocycles. The van der Waals surface area contributed by atoms with Crippen LogP contribution in [0.15, 0.2) is 139 Å². The Morgan fingerprint density at radius 3 is 2.19 bits per heavy atom. The lowest BCUT2D eigenvalue weighted by molar-refractivity contribution is -0.719. The fourth-order valence-corrected chi connectivity index (χ4v) is 11.7. The molecule has 0 N–H and O–H groups in total. The molecular formula is C59H59N3O+2. The predicted octanol–water partition coefficient (Wildman–Crippen LogP) is 15.0. The van der Waals surface area contributed by atoms with Gasteiger partial charge in [-0.1, -0.05) is 120 Å². The first kappa shape index (κ1) is 39.7. The van der Waals surface area contributed by atoms with Gasteiger partial charge in [0.25, 0.3) is 0 Å². The van der Waals surface area contributed by atoms with Crippen LogP contribution in [0.1, 0.15) is 136 Å². The van der Waals surface area contributed by atoms with E-state index in [1.165, 1.54) is 105 Å². The predicted molar refractivity (Wildman–Crippen MR) is 259 cm³/mol. The molecule has 3 aliphatic rings.